The molecule has 2 unspecified atom stereocenters. The van der Waals surface area contributed by atoms with Gasteiger partial charge in [0.25, 0.3) is 0 Å². The molecular weight excluding hydrogens is 261 g/mol. The molecule has 0 aromatic carbocycles. The van der Waals surface area contributed by atoms with Crippen LogP contribution in [0.5, 0.6) is 0 Å². The monoisotopic (exact) mass is 294 g/mol. The van der Waals surface area contributed by atoms with Crippen LogP contribution < -0.4 is 0 Å². The first-order valence-corrected chi connectivity index (χ1v) is 10.2. The van der Waals surface area contributed by atoms with E-state index in [1.165, 1.54) is 44.2 Å². The van der Waals surface area contributed by atoms with Crippen LogP contribution in [-0.2, 0) is 0 Å². The summed E-state index contributed by atoms with van der Waals surface area (Å²) in [5, 5.41) is 1.02. The van der Waals surface area contributed by atoms with Gasteiger partial charge in [0, 0.05) is 0 Å². The predicted molar refractivity (Wildman–Crippen MR) is 93.2 cm³/mol. The second-order valence-corrected chi connectivity index (χ2v) is 10.5. The molecule has 0 radical (unpaired) electrons. The topological polar surface area (TPSA) is 0 Å². The molecule has 0 aliphatic heterocycles. The van der Waals surface area contributed by atoms with E-state index in [0.717, 1.165) is 0 Å². The smallest absolute Gasteiger partial charge is 0.0116 e. The van der Waals surface area contributed by atoms with Crippen molar-refractivity contribution in [1.82, 2.24) is 0 Å². The van der Waals surface area contributed by atoms with Gasteiger partial charge in [0.05, 0.1) is 0 Å². The van der Waals surface area contributed by atoms with Crippen LogP contribution >= 0.6 is 26.4 Å². The van der Waals surface area contributed by atoms with E-state index in [9.17, 15) is 0 Å². The molecule has 0 aromatic heterocycles. The predicted octanol–water partition coefficient (Wildman–Crippen LogP) is 5.36. The summed E-state index contributed by atoms with van der Waals surface area (Å²) in [5.74, 6) is 0. The van der Waals surface area contributed by atoms with Crippen molar-refractivity contribution in [1.29, 1.82) is 0 Å². The Morgan fingerprint density at radius 2 is 1.00 bits per heavy atom. The second kappa shape index (κ2) is 8.46. The molecule has 0 aliphatic rings. The minimum atomic E-state index is 0.201. The molecule has 0 nitrogen and oxygen atoms in total. The average Bonchev–Trinajstić information content (AvgIpc) is 2.37. The van der Waals surface area contributed by atoms with Crippen molar-refractivity contribution in [3.63, 3.8) is 0 Å². The summed E-state index contributed by atoms with van der Waals surface area (Å²) in [6, 6.07) is 0. The summed E-state index contributed by atoms with van der Waals surface area (Å²) in [6.07, 6.45) is 9.47. The fraction of sp³-hybridized carbons (Fsp3) is 1.00. The second-order valence-electron chi connectivity index (χ2n) is 5.44. The van der Waals surface area contributed by atoms with Gasteiger partial charge in [0.15, 0.2) is 0 Å². The molecule has 0 aliphatic carbocycles. The normalized spacial score (nSPS) is 13.4. The maximum atomic E-state index is 3.15. The van der Waals surface area contributed by atoms with Crippen molar-refractivity contribution in [2.45, 2.75) is 70.6 Å². The van der Waals surface area contributed by atoms with Gasteiger partial charge in [-0.15, -0.1) is 26.4 Å². The van der Waals surface area contributed by atoms with Crippen LogP contribution in [0.15, 0.2) is 0 Å². The zero-order chi connectivity index (χ0) is 13.5. The van der Waals surface area contributed by atoms with Crippen LogP contribution in [0.25, 0.3) is 0 Å². The van der Waals surface area contributed by atoms with Crippen LogP contribution in [0.2, 0.25) is 0 Å². The molecule has 0 rings (SSSR count). The number of rotatable bonds is 9. The molecule has 0 N–H and O–H groups in total. The van der Waals surface area contributed by atoms with Gasteiger partial charge in [0.2, 0.25) is 0 Å². The van der Waals surface area contributed by atoms with Crippen LogP contribution in [0.4, 0.5) is 0 Å². The van der Waals surface area contributed by atoms with Crippen molar-refractivity contribution in [3.05, 3.63) is 0 Å². The third-order valence-corrected chi connectivity index (χ3v) is 10.1. The van der Waals surface area contributed by atoms with Gasteiger partial charge in [-0.2, -0.15) is 0 Å². The molecule has 3 heteroatoms. The standard InChI is InChI=1S/C14H33P3/c1-6-13(15,7-2)11-17(10-5)12-14(16,8-3)9-4/h6-12,15-16H2,1-5H3. The molecule has 0 saturated carbocycles. The molecule has 2 atom stereocenters. The molecule has 17 heavy (non-hydrogen) atoms. The van der Waals surface area contributed by atoms with E-state index >= 15 is 0 Å². The average molecular weight is 294 g/mol. The Kier molecular flexibility index (Phi) is 9.10. The Bertz CT molecular complexity index is 176. The molecular formula is C14H33P3. The SMILES string of the molecule is CCP(CC(P)(CC)CC)CC(P)(CC)CC. The molecule has 0 bridgehead atoms. The molecule has 0 spiro atoms. The Morgan fingerprint density at radius 1 is 0.706 bits per heavy atom. The van der Waals surface area contributed by atoms with Crippen molar-refractivity contribution >= 4 is 26.4 Å². The van der Waals surface area contributed by atoms with Crippen LogP contribution in [0.3, 0.4) is 0 Å². The van der Waals surface area contributed by atoms with E-state index in [4.69, 9.17) is 0 Å². The van der Waals surface area contributed by atoms with Crippen molar-refractivity contribution in [2.24, 2.45) is 0 Å². The summed E-state index contributed by atoms with van der Waals surface area (Å²) < 4.78 is 0. The van der Waals surface area contributed by atoms with E-state index in [0.29, 0.717) is 10.3 Å². The quantitative estimate of drug-likeness (QED) is 0.502. The maximum absolute atomic E-state index is 3.15. The molecule has 0 saturated heterocycles. The molecule has 0 amide bonds. The Morgan fingerprint density at radius 3 is 1.18 bits per heavy atom. The van der Waals surface area contributed by atoms with Crippen LogP contribution in [0, 0.1) is 0 Å². The zero-order valence-electron chi connectivity index (χ0n) is 12.6. The Labute approximate surface area is 116 Å². The van der Waals surface area contributed by atoms with Gasteiger partial charge in [-0.1, -0.05) is 34.6 Å². The zero-order valence-corrected chi connectivity index (χ0v) is 15.8. The molecule has 104 valence electrons. The molecule has 0 fully saturated rings. The Balaban J connectivity index is 4.53. The number of hydrogen-bond donors (Lipinski definition) is 0. The van der Waals surface area contributed by atoms with Crippen molar-refractivity contribution in [2.75, 3.05) is 18.5 Å². The van der Waals surface area contributed by atoms with Gasteiger partial charge in [-0.25, -0.2) is 0 Å². The fourth-order valence-corrected chi connectivity index (χ4v) is 6.90. The first kappa shape index (κ1) is 18.3. The largest absolute Gasteiger partial charge is 0.131 e. The lowest BCUT2D eigenvalue weighted by Gasteiger charge is -2.36. The highest BCUT2D eigenvalue weighted by Crippen LogP contribution is 2.49. The first-order chi connectivity index (χ1) is 7.88. The van der Waals surface area contributed by atoms with Crippen molar-refractivity contribution < 1.29 is 0 Å². The van der Waals surface area contributed by atoms with Gasteiger partial charge >= 0.3 is 0 Å². The van der Waals surface area contributed by atoms with E-state index < -0.39 is 0 Å². The van der Waals surface area contributed by atoms with Crippen LogP contribution in [0.1, 0.15) is 60.3 Å². The van der Waals surface area contributed by atoms with Crippen molar-refractivity contribution in [3.8, 4) is 0 Å². The van der Waals surface area contributed by atoms with E-state index in [1.807, 2.05) is 0 Å². The molecule has 0 aromatic rings. The minimum Gasteiger partial charge on any atom is -0.131 e. The van der Waals surface area contributed by atoms with Crippen LogP contribution in [-0.4, -0.2) is 28.8 Å². The third-order valence-electron chi connectivity index (χ3n) is 4.34. The molecule has 0 heterocycles. The lowest BCUT2D eigenvalue weighted by Crippen LogP contribution is -2.28. The summed E-state index contributed by atoms with van der Waals surface area (Å²) in [5.41, 5.74) is 0. The van der Waals surface area contributed by atoms with E-state index in [-0.39, 0.29) is 7.92 Å². The van der Waals surface area contributed by atoms with E-state index in [1.54, 1.807) is 0 Å². The minimum absolute atomic E-state index is 0.201. The Hall–Kier alpha value is 1.29. The lowest BCUT2D eigenvalue weighted by molar-refractivity contribution is 0.589. The fourth-order valence-electron chi connectivity index (χ4n) is 2.12. The van der Waals surface area contributed by atoms with Gasteiger partial charge in [-0.3, -0.25) is 0 Å². The van der Waals surface area contributed by atoms with Gasteiger partial charge in [0.1, 0.15) is 0 Å². The highest BCUT2D eigenvalue weighted by Gasteiger charge is 2.29. The van der Waals surface area contributed by atoms with E-state index in [2.05, 4.69) is 53.1 Å². The summed E-state index contributed by atoms with van der Waals surface area (Å²) in [4.78, 5) is 0. The van der Waals surface area contributed by atoms with Gasteiger partial charge < -0.3 is 0 Å². The van der Waals surface area contributed by atoms with Gasteiger partial charge in [-0.05, 0) is 54.5 Å². The number of hydrogen-bond acceptors (Lipinski definition) is 0. The maximum Gasteiger partial charge on any atom is -0.0116 e. The summed E-state index contributed by atoms with van der Waals surface area (Å²) >= 11 is 0. The highest BCUT2D eigenvalue weighted by atomic mass is 31.1. The summed E-state index contributed by atoms with van der Waals surface area (Å²) in [7, 11) is 6.51. The first-order valence-electron chi connectivity index (χ1n) is 7.18. The summed E-state index contributed by atoms with van der Waals surface area (Å²) in [6.45, 7) is 11.7. The third kappa shape index (κ3) is 6.32. The lowest BCUT2D eigenvalue weighted by atomic mass is 10.1. The highest BCUT2D eigenvalue weighted by molar-refractivity contribution is 7.58.